The first-order valence-corrected chi connectivity index (χ1v) is 2.21. The zero-order valence-corrected chi connectivity index (χ0v) is 4.92. The molecule has 0 unspecified atom stereocenters. The van der Waals surface area contributed by atoms with E-state index in [2.05, 4.69) is 28.9 Å². The van der Waals surface area contributed by atoms with Crippen molar-refractivity contribution in [3.63, 3.8) is 0 Å². The highest BCUT2D eigenvalue weighted by molar-refractivity contribution is 7.80. The second kappa shape index (κ2) is 3.61. The minimum absolute atomic E-state index is 0.343. The Labute approximate surface area is 48.2 Å². The Bertz CT molecular complexity index is 81.8. The van der Waals surface area contributed by atoms with Crippen molar-refractivity contribution in [1.29, 1.82) is 0 Å². The van der Waals surface area contributed by atoms with E-state index in [0.29, 0.717) is 5.17 Å². The lowest BCUT2D eigenvalue weighted by molar-refractivity contribution is 0.467. The standard InChI is InChI=1S/C4H7NOS/c1-3-6-4(7)5-2/h3H,1H2,2H3,(H,5,7). The van der Waals surface area contributed by atoms with E-state index in [4.69, 9.17) is 0 Å². The smallest absolute Gasteiger partial charge is 0.261 e. The molecule has 0 aliphatic heterocycles. The molecule has 0 rings (SSSR count). The summed E-state index contributed by atoms with van der Waals surface area (Å²) in [6.07, 6.45) is 1.28. The summed E-state index contributed by atoms with van der Waals surface area (Å²) in [6.45, 7) is 3.30. The monoisotopic (exact) mass is 117 g/mol. The van der Waals surface area contributed by atoms with Crippen molar-refractivity contribution in [3.05, 3.63) is 12.8 Å². The molecule has 0 saturated heterocycles. The van der Waals surface area contributed by atoms with Gasteiger partial charge in [0, 0.05) is 7.05 Å². The van der Waals surface area contributed by atoms with Gasteiger partial charge in [-0.25, -0.2) is 0 Å². The van der Waals surface area contributed by atoms with Crippen LogP contribution in [0.1, 0.15) is 0 Å². The Morgan fingerprint density at radius 3 is 2.71 bits per heavy atom. The van der Waals surface area contributed by atoms with Crippen molar-refractivity contribution < 1.29 is 4.74 Å². The number of hydrogen-bond donors (Lipinski definition) is 1. The zero-order valence-electron chi connectivity index (χ0n) is 4.10. The molecule has 3 heteroatoms. The van der Waals surface area contributed by atoms with Gasteiger partial charge in [-0.05, 0) is 12.2 Å². The molecule has 1 N–H and O–H groups in total. The second-order valence-electron chi connectivity index (χ2n) is 0.822. The van der Waals surface area contributed by atoms with Gasteiger partial charge in [0.15, 0.2) is 0 Å². The third-order valence-corrected chi connectivity index (χ3v) is 0.695. The predicted molar refractivity (Wildman–Crippen MR) is 32.9 cm³/mol. The molecular weight excluding hydrogens is 110 g/mol. The fourth-order valence-electron chi connectivity index (χ4n) is 0.135. The summed E-state index contributed by atoms with van der Waals surface area (Å²) in [5.74, 6) is 0. The van der Waals surface area contributed by atoms with Crippen molar-refractivity contribution in [2.45, 2.75) is 0 Å². The lowest BCUT2D eigenvalue weighted by Crippen LogP contribution is -2.15. The lowest BCUT2D eigenvalue weighted by atomic mass is 11.1. The van der Waals surface area contributed by atoms with E-state index in [1.807, 2.05) is 0 Å². The van der Waals surface area contributed by atoms with Crippen LogP contribution in [0.4, 0.5) is 0 Å². The fraction of sp³-hybridized carbons (Fsp3) is 0.250. The van der Waals surface area contributed by atoms with Crippen molar-refractivity contribution in [1.82, 2.24) is 5.32 Å². The van der Waals surface area contributed by atoms with Crippen LogP contribution in [-0.4, -0.2) is 12.2 Å². The van der Waals surface area contributed by atoms with E-state index in [1.165, 1.54) is 6.26 Å². The molecule has 0 fully saturated rings. The van der Waals surface area contributed by atoms with Gasteiger partial charge in [-0.3, -0.25) is 0 Å². The van der Waals surface area contributed by atoms with Crippen LogP contribution in [0.25, 0.3) is 0 Å². The summed E-state index contributed by atoms with van der Waals surface area (Å²) < 4.78 is 4.58. The maximum Gasteiger partial charge on any atom is 0.261 e. The summed E-state index contributed by atoms with van der Waals surface area (Å²) in [5.41, 5.74) is 0. The average molecular weight is 117 g/mol. The van der Waals surface area contributed by atoms with Crippen LogP contribution in [0.3, 0.4) is 0 Å². The number of nitrogens with one attached hydrogen (secondary N) is 1. The van der Waals surface area contributed by atoms with Crippen molar-refractivity contribution >= 4 is 17.4 Å². The first kappa shape index (κ1) is 6.43. The highest BCUT2D eigenvalue weighted by Crippen LogP contribution is 1.72. The number of thiocarbonyl (C=S) groups is 1. The van der Waals surface area contributed by atoms with Gasteiger partial charge in [-0.1, -0.05) is 6.58 Å². The SMILES string of the molecule is C=COC(=S)NC. The summed E-state index contributed by atoms with van der Waals surface area (Å²) in [6, 6.07) is 0. The third-order valence-electron chi connectivity index (χ3n) is 0.394. The fourth-order valence-corrected chi connectivity index (χ4v) is 0.203. The molecule has 40 valence electrons. The quantitative estimate of drug-likeness (QED) is 0.402. The molecule has 0 aromatic heterocycles. The predicted octanol–water partition coefficient (Wildman–Crippen LogP) is 0.651. The molecule has 0 aromatic rings. The zero-order chi connectivity index (χ0) is 5.70. The Hall–Kier alpha value is -0.570. The maximum atomic E-state index is 4.58. The van der Waals surface area contributed by atoms with Crippen LogP contribution >= 0.6 is 12.2 Å². The molecule has 0 saturated carbocycles. The first-order valence-electron chi connectivity index (χ1n) is 1.80. The molecule has 2 nitrogen and oxygen atoms in total. The second-order valence-corrected chi connectivity index (χ2v) is 1.19. The van der Waals surface area contributed by atoms with Crippen LogP contribution in [0.2, 0.25) is 0 Å². The van der Waals surface area contributed by atoms with Crippen molar-refractivity contribution in [3.8, 4) is 0 Å². The Balaban J connectivity index is 3.17. The van der Waals surface area contributed by atoms with E-state index in [-0.39, 0.29) is 0 Å². The highest BCUT2D eigenvalue weighted by atomic mass is 32.1. The Kier molecular flexibility index (Phi) is 3.32. The molecule has 0 atom stereocenters. The third kappa shape index (κ3) is 3.26. The number of rotatable bonds is 1. The van der Waals surface area contributed by atoms with E-state index in [1.54, 1.807) is 7.05 Å². The summed E-state index contributed by atoms with van der Waals surface area (Å²) in [5, 5.41) is 2.95. The first-order chi connectivity index (χ1) is 3.31. The highest BCUT2D eigenvalue weighted by Gasteiger charge is 1.81. The van der Waals surface area contributed by atoms with Gasteiger partial charge in [0.05, 0.1) is 6.26 Å². The largest absolute Gasteiger partial charge is 0.441 e. The lowest BCUT2D eigenvalue weighted by Gasteiger charge is -1.96. The summed E-state index contributed by atoms with van der Waals surface area (Å²) >= 11 is 4.55. The van der Waals surface area contributed by atoms with Crippen LogP contribution in [0.5, 0.6) is 0 Å². The summed E-state index contributed by atoms with van der Waals surface area (Å²) in [7, 11) is 1.69. The molecule has 0 aromatic carbocycles. The average Bonchev–Trinajstić information content (AvgIpc) is 1.68. The van der Waals surface area contributed by atoms with Gasteiger partial charge in [0.2, 0.25) is 0 Å². The van der Waals surface area contributed by atoms with Crippen molar-refractivity contribution in [2.75, 3.05) is 7.05 Å². The molecule has 0 amide bonds. The molecule has 0 bridgehead atoms. The topological polar surface area (TPSA) is 21.3 Å². The normalized spacial score (nSPS) is 7.00. The van der Waals surface area contributed by atoms with E-state index in [0.717, 1.165) is 0 Å². The van der Waals surface area contributed by atoms with Crippen LogP contribution in [0, 0.1) is 0 Å². The Morgan fingerprint density at radius 1 is 2.00 bits per heavy atom. The minimum atomic E-state index is 0.343. The van der Waals surface area contributed by atoms with Gasteiger partial charge < -0.3 is 10.1 Å². The number of hydrogen-bond acceptors (Lipinski definition) is 2. The van der Waals surface area contributed by atoms with Gasteiger partial charge >= 0.3 is 0 Å². The van der Waals surface area contributed by atoms with Crippen LogP contribution < -0.4 is 5.32 Å². The van der Waals surface area contributed by atoms with Gasteiger partial charge in [-0.15, -0.1) is 0 Å². The summed E-state index contributed by atoms with van der Waals surface area (Å²) in [4.78, 5) is 0. The van der Waals surface area contributed by atoms with Crippen LogP contribution in [0.15, 0.2) is 12.8 Å². The number of ether oxygens (including phenoxy) is 1. The molecule has 0 aliphatic carbocycles. The van der Waals surface area contributed by atoms with Gasteiger partial charge in [0.25, 0.3) is 5.17 Å². The van der Waals surface area contributed by atoms with Crippen molar-refractivity contribution in [2.24, 2.45) is 0 Å². The molecule has 0 heterocycles. The van der Waals surface area contributed by atoms with E-state index < -0.39 is 0 Å². The minimum Gasteiger partial charge on any atom is -0.441 e. The van der Waals surface area contributed by atoms with E-state index >= 15 is 0 Å². The molecule has 0 aliphatic rings. The molecule has 0 spiro atoms. The molecule has 7 heavy (non-hydrogen) atoms. The molecular formula is C4H7NOS. The van der Waals surface area contributed by atoms with Gasteiger partial charge in [-0.2, -0.15) is 0 Å². The van der Waals surface area contributed by atoms with E-state index in [9.17, 15) is 0 Å². The van der Waals surface area contributed by atoms with Gasteiger partial charge in [0.1, 0.15) is 0 Å². The Morgan fingerprint density at radius 2 is 2.57 bits per heavy atom. The maximum absolute atomic E-state index is 4.58. The van der Waals surface area contributed by atoms with Crippen LogP contribution in [-0.2, 0) is 4.74 Å². The molecule has 0 radical (unpaired) electrons.